The molecule has 0 unspecified atom stereocenters. The van der Waals surface area contributed by atoms with Gasteiger partial charge in [0, 0.05) is 0 Å². The van der Waals surface area contributed by atoms with Crippen LogP contribution in [0.1, 0.15) is 11.7 Å². The molecule has 29 heavy (non-hydrogen) atoms. The summed E-state index contributed by atoms with van der Waals surface area (Å²) in [5, 5.41) is 79.4. The van der Waals surface area contributed by atoms with Gasteiger partial charge in [0.05, 0.1) is 13.2 Å². The molecule has 3 rings (SSSR count). The van der Waals surface area contributed by atoms with Gasteiger partial charge in [-0.05, 0) is 17.7 Å². The Bertz CT molecular complexity index is 654. The van der Waals surface area contributed by atoms with E-state index in [1.165, 1.54) is 24.3 Å². The molecule has 0 aromatic heterocycles. The van der Waals surface area contributed by atoms with Crippen molar-refractivity contribution in [2.75, 3.05) is 13.2 Å². The largest absolute Gasteiger partial charge is 0.508 e. The number of ether oxygens (including phenoxy) is 3. The second-order valence-corrected chi connectivity index (χ2v) is 7.15. The average Bonchev–Trinajstić information content (AvgIpc) is 2.72. The molecule has 11 nitrogen and oxygen atoms in total. The van der Waals surface area contributed by atoms with E-state index < -0.39 is 74.4 Å². The Morgan fingerprint density at radius 2 is 1.31 bits per heavy atom. The van der Waals surface area contributed by atoms with Gasteiger partial charge in [0.25, 0.3) is 0 Å². The van der Waals surface area contributed by atoms with E-state index in [0.29, 0.717) is 5.56 Å². The lowest BCUT2D eigenvalue weighted by Gasteiger charge is -2.46. The van der Waals surface area contributed by atoms with E-state index in [4.69, 9.17) is 14.2 Å². The third-order valence-electron chi connectivity index (χ3n) is 5.23. The Hall–Kier alpha value is -1.38. The number of hydrogen-bond acceptors (Lipinski definition) is 11. The fourth-order valence-corrected chi connectivity index (χ4v) is 3.52. The highest BCUT2D eigenvalue weighted by Crippen LogP contribution is 2.36. The van der Waals surface area contributed by atoms with Crippen LogP contribution in [0, 0.1) is 0 Å². The maximum absolute atomic E-state index is 10.7. The zero-order valence-electron chi connectivity index (χ0n) is 15.3. The van der Waals surface area contributed by atoms with Crippen LogP contribution in [0.5, 0.6) is 5.75 Å². The predicted molar refractivity (Wildman–Crippen MR) is 93.5 cm³/mol. The lowest BCUT2D eigenvalue weighted by Crippen LogP contribution is -2.63. The summed E-state index contributed by atoms with van der Waals surface area (Å²) in [5.74, 6) is -0.00749. The molecule has 0 bridgehead atoms. The van der Waals surface area contributed by atoms with Gasteiger partial charge >= 0.3 is 0 Å². The highest BCUT2D eigenvalue weighted by Gasteiger charge is 2.50. The second-order valence-electron chi connectivity index (χ2n) is 7.15. The van der Waals surface area contributed by atoms with Crippen molar-refractivity contribution >= 4 is 0 Å². The number of aliphatic hydroxyl groups excluding tert-OH is 7. The molecule has 0 radical (unpaired) electrons. The number of rotatable bonds is 5. The standard InChI is InChI=1S/C18H26O11/c19-5-9-11(22)13(24)14(25)18(28-9)29-17-12(23)10(6-20)27-16(15(17)26)7-1-3-8(21)4-2-7/h1-4,9-26H,5-6H2/t9-,10-,11-,12-,13+,14+,15-,16-,17+,18-/m1/s1. The molecule has 2 saturated heterocycles. The van der Waals surface area contributed by atoms with Crippen LogP contribution in [-0.4, -0.2) is 109 Å². The number of hydrogen-bond donors (Lipinski definition) is 8. The number of benzene rings is 1. The normalized spacial score (nSPS) is 43.3. The maximum atomic E-state index is 10.7. The van der Waals surface area contributed by atoms with E-state index in [1.807, 2.05) is 0 Å². The van der Waals surface area contributed by atoms with Crippen molar-refractivity contribution in [2.45, 2.75) is 61.2 Å². The van der Waals surface area contributed by atoms with Crippen molar-refractivity contribution in [3.63, 3.8) is 0 Å². The van der Waals surface area contributed by atoms with Crippen LogP contribution in [0.2, 0.25) is 0 Å². The summed E-state index contributed by atoms with van der Waals surface area (Å²) in [6.45, 7) is -1.27. The first kappa shape index (κ1) is 22.3. The molecule has 8 N–H and O–H groups in total. The second kappa shape index (κ2) is 9.18. The monoisotopic (exact) mass is 418 g/mol. The molecule has 2 aliphatic rings. The van der Waals surface area contributed by atoms with Crippen LogP contribution >= 0.6 is 0 Å². The van der Waals surface area contributed by atoms with Crippen molar-refractivity contribution in [3.8, 4) is 5.75 Å². The molecular weight excluding hydrogens is 392 g/mol. The molecule has 0 amide bonds. The zero-order chi connectivity index (χ0) is 21.3. The first-order valence-corrected chi connectivity index (χ1v) is 9.15. The number of phenolic OH excluding ortho intramolecular Hbond substituents is 1. The summed E-state index contributed by atoms with van der Waals surface area (Å²) in [4.78, 5) is 0. The van der Waals surface area contributed by atoms with Crippen LogP contribution < -0.4 is 0 Å². The topological polar surface area (TPSA) is 190 Å². The lowest BCUT2D eigenvalue weighted by molar-refractivity contribution is -0.342. The molecule has 0 aliphatic carbocycles. The highest BCUT2D eigenvalue weighted by atomic mass is 16.7. The average molecular weight is 418 g/mol. The molecule has 1 aromatic carbocycles. The Morgan fingerprint density at radius 3 is 1.90 bits per heavy atom. The van der Waals surface area contributed by atoms with Crippen molar-refractivity contribution in [2.24, 2.45) is 0 Å². The van der Waals surface area contributed by atoms with Gasteiger partial charge in [-0.3, -0.25) is 0 Å². The Balaban J connectivity index is 1.82. The third kappa shape index (κ3) is 4.39. The van der Waals surface area contributed by atoms with E-state index >= 15 is 0 Å². The Morgan fingerprint density at radius 1 is 0.724 bits per heavy atom. The van der Waals surface area contributed by atoms with Crippen LogP contribution in [0.4, 0.5) is 0 Å². The fraction of sp³-hybridized carbons (Fsp3) is 0.667. The summed E-state index contributed by atoms with van der Waals surface area (Å²) in [5.41, 5.74) is 0.433. The van der Waals surface area contributed by atoms with Crippen molar-refractivity contribution in [3.05, 3.63) is 29.8 Å². The number of aliphatic hydroxyl groups is 7. The van der Waals surface area contributed by atoms with Gasteiger partial charge in [-0.2, -0.15) is 0 Å². The summed E-state index contributed by atoms with van der Waals surface area (Å²) in [6, 6.07) is 5.72. The van der Waals surface area contributed by atoms with Gasteiger partial charge in [0.15, 0.2) is 6.29 Å². The van der Waals surface area contributed by atoms with E-state index in [9.17, 15) is 40.9 Å². The Kier molecular flexibility index (Phi) is 7.06. The van der Waals surface area contributed by atoms with Crippen LogP contribution in [-0.2, 0) is 14.2 Å². The molecule has 10 atom stereocenters. The van der Waals surface area contributed by atoms with Gasteiger partial charge in [0.1, 0.15) is 60.7 Å². The van der Waals surface area contributed by atoms with Crippen LogP contribution in [0.15, 0.2) is 24.3 Å². The van der Waals surface area contributed by atoms with E-state index in [-0.39, 0.29) is 5.75 Å². The summed E-state index contributed by atoms with van der Waals surface area (Å²) in [6.07, 6.45) is -14.4. The number of phenols is 1. The van der Waals surface area contributed by atoms with Gasteiger partial charge in [0.2, 0.25) is 0 Å². The van der Waals surface area contributed by atoms with Crippen LogP contribution in [0.25, 0.3) is 0 Å². The first-order valence-electron chi connectivity index (χ1n) is 9.15. The molecule has 2 heterocycles. The smallest absolute Gasteiger partial charge is 0.187 e. The molecular formula is C18H26O11. The molecule has 2 fully saturated rings. The van der Waals surface area contributed by atoms with Crippen LogP contribution in [0.3, 0.4) is 0 Å². The molecule has 0 saturated carbocycles. The molecule has 2 aliphatic heterocycles. The molecule has 11 heteroatoms. The highest BCUT2D eigenvalue weighted by molar-refractivity contribution is 5.28. The fourth-order valence-electron chi connectivity index (χ4n) is 3.52. The third-order valence-corrected chi connectivity index (χ3v) is 5.23. The predicted octanol–water partition coefficient (Wildman–Crippen LogP) is -3.27. The lowest BCUT2D eigenvalue weighted by atomic mass is 9.90. The molecule has 1 aromatic rings. The zero-order valence-corrected chi connectivity index (χ0v) is 15.3. The Labute approximate surface area is 165 Å². The molecule has 164 valence electrons. The quantitative estimate of drug-likeness (QED) is 0.239. The van der Waals surface area contributed by atoms with Gasteiger partial charge in [-0.15, -0.1) is 0 Å². The van der Waals surface area contributed by atoms with E-state index in [2.05, 4.69) is 0 Å². The summed E-state index contributed by atoms with van der Waals surface area (Å²) in [7, 11) is 0. The molecule has 0 spiro atoms. The van der Waals surface area contributed by atoms with Gasteiger partial charge in [-0.1, -0.05) is 12.1 Å². The van der Waals surface area contributed by atoms with Crippen molar-refractivity contribution in [1.82, 2.24) is 0 Å². The maximum Gasteiger partial charge on any atom is 0.187 e. The van der Waals surface area contributed by atoms with Crippen molar-refractivity contribution in [1.29, 1.82) is 0 Å². The minimum Gasteiger partial charge on any atom is -0.508 e. The van der Waals surface area contributed by atoms with E-state index in [0.717, 1.165) is 0 Å². The number of aromatic hydroxyl groups is 1. The minimum atomic E-state index is -1.73. The summed E-state index contributed by atoms with van der Waals surface area (Å²) < 4.78 is 16.4. The van der Waals surface area contributed by atoms with E-state index in [1.54, 1.807) is 0 Å². The van der Waals surface area contributed by atoms with Gasteiger partial charge in [-0.25, -0.2) is 0 Å². The van der Waals surface area contributed by atoms with Gasteiger partial charge < -0.3 is 55.1 Å². The SMILES string of the molecule is OC[C@H]1O[C@H](O[C@@H]2[C@H](O)[C@@H](c3ccc(O)cc3)O[C@H](CO)[C@H]2O)[C@@H](O)[C@@H](O)[C@@H]1O. The summed E-state index contributed by atoms with van der Waals surface area (Å²) >= 11 is 0. The minimum absolute atomic E-state index is 0.00749. The first-order chi connectivity index (χ1) is 13.8. The van der Waals surface area contributed by atoms with Crippen molar-refractivity contribution < 1.29 is 55.1 Å².